The van der Waals surface area contributed by atoms with Gasteiger partial charge in [-0.25, -0.2) is 9.50 Å². The molecule has 1 fully saturated rings. The summed E-state index contributed by atoms with van der Waals surface area (Å²) in [6.07, 6.45) is -3.94. The molecule has 0 aliphatic carbocycles. The first-order valence-electron chi connectivity index (χ1n) is 8.48. The van der Waals surface area contributed by atoms with Crippen molar-refractivity contribution in [3.63, 3.8) is 0 Å². The van der Waals surface area contributed by atoms with E-state index in [4.69, 9.17) is 0 Å². The quantitative estimate of drug-likeness (QED) is 0.887. The highest BCUT2D eigenvalue weighted by Crippen LogP contribution is 2.27. The molecule has 7 nitrogen and oxygen atoms in total. The Labute approximate surface area is 148 Å². The SMILES string of the molecule is Cc1nc2nc(C(F)(F)F)nn2c(C)c1CCC(=O)N1CCNC[C@H]1C. The number of hydrogen-bond acceptors (Lipinski definition) is 5. The summed E-state index contributed by atoms with van der Waals surface area (Å²) in [7, 11) is 0. The van der Waals surface area contributed by atoms with Crippen LogP contribution in [-0.4, -0.2) is 56.1 Å². The maximum Gasteiger partial charge on any atom is 0.453 e. The van der Waals surface area contributed by atoms with Crippen molar-refractivity contribution < 1.29 is 18.0 Å². The largest absolute Gasteiger partial charge is 0.453 e. The number of nitrogens with zero attached hydrogens (tertiary/aromatic N) is 5. The lowest BCUT2D eigenvalue weighted by Gasteiger charge is -2.34. The van der Waals surface area contributed by atoms with Crippen LogP contribution in [0.1, 0.15) is 36.1 Å². The third kappa shape index (κ3) is 3.50. The molecular weight excluding hydrogens is 349 g/mol. The Morgan fingerprint density at radius 3 is 2.69 bits per heavy atom. The molecule has 2 aromatic rings. The maximum absolute atomic E-state index is 12.8. The molecule has 1 amide bonds. The van der Waals surface area contributed by atoms with E-state index < -0.39 is 12.0 Å². The van der Waals surface area contributed by atoms with E-state index in [0.29, 0.717) is 24.4 Å². The van der Waals surface area contributed by atoms with Crippen LogP contribution in [0.25, 0.3) is 5.78 Å². The van der Waals surface area contributed by atoms with Crippen LogP contribution in [0.5, 0.6) is 0 Å². The lowest BCUT2D eigenvalue weighted by molar-refractivity contribution is -0.144. The molecule has 142 valence electrons. The number of aromatic nitrogens is 4. The molecule has 1 atom stereocenters. The standard InChI is InChI=1S/C16H21F3N6O/c1-9-8-20-6-7-24(9)13(26)5-4-12-10(2)21-15-22-14(16(17,18)19)23-25(15)11(12)3/h9,20H,4-8H2,1-3H3/t9-/m1/s1. The van der Waals surface area contributed by atoms with E-state index in [1.165, 1.54) is 0 Å². The van der Waals surface area contributed by atoms with Gasteiger partial charge in [0.2, 0.25) is 5.91 Å². The predicted octanol–water partition coefficient (Wildman–Crippen LogP) is 1.51. The van der Waals surface area contributed by atoms with Gasteiger partial charge in [-0.05, 0) is 32.8 Å². The summed E-state index contributed by atoms with van der Waals surface area (Å²) in [6.45, 7) is 7.55. The lowest BCUT2D eigenvalue weighted by atomic mass is 10.1. The van der Waals surface area contributed by atoms with E-state index in [9.17, 15) is 18.0 Å². The number of amides is 1. The van der Waals surface area contributed by atoms with Crippen molar-refractivity contribution in [2.45, 2.75) is 45.8 Å². The molecule has 0 unspecified atom stereocenters. The van der Waals surface area contributed by atoms with E-state index in [1.54, 1.807) is 13.8 Å². The van der Waals surface area contributed by atoms with E-state index in [1.807, 2.05) is 11.8 Å². The number of rotatable bonds is 3. The smallest absolute Gasteiger partial charge is 0.337 e. The zero-order valence-corrected chi connectivity index (χ0v) is 14.9. The van der Waals surface area contributed by atoms with Gasteiger partial charge in [0, 0.05) is 43.5 Å². The van der Waals surface area contributed by atoms with Crippen molar-refractivity contribution in [3.8, 4) is 0 Å². The molecule has 2 aromatic heterocycles. The fourth-order valence-electron chi connectivity index (χ4n) is 3.28. The first-order valence-corrected chi connectivity index (χ1v) is 8.48. The zero-order chi connectivity index (χ0) is 19.1. The summed E-state index contributed by atoms with van der Waals surface area (Å²) in [5, 5.41) is 6.76. The van der Waals surface area contributed by atoms with Crippen LogP contribution in [0.2, 0.25) is 0 Å². The second-order valence-corrected chi connectivity index (χ2v) is 6.55. The van der Waals surface area contributed by atoms with Gasteiger partial charge in [0.15, 0.2) is 0 Å². The first-order chi connectivity index (χ1) is 12.2. The Morgan fingerprint density at radius 2 is 2.04 bits per heavy atom. The number of alkyl halides is 3. The van der Waals surface area contributed by atoms with Crippen molar-refractivity contribution in [2.24, 2.45) is 0 Å². The Kier molecular flexibility index (Phi) is 4.87. The molecule has 0 radical (unpaired) electrons. The molecule has 1 N–H and O–H groups in total. The molecule has 10 heteroatoms. The number of aryl methyl sites for hydroxylation is 2. The van der Waals surface area contributed by atoms with Crippen LogP contribution in [0, 0.1) is 13.8 Å². The van der Waals surface area contributed by atoms with Gasteiger partial charge in [0.25, 0.3) is 11.6 Å². The fourth-order valence-corrected chi connectivity index (χ4v) is 3.28. The highest BCUT2D eigenvalue weighted by atomic mass is 19.4. The first kappa shape index (κ1) is 18.6. The molecule has 0 bridgehead atoms. The van der Waals surface area contributed by atoms with Gasteiger partial charge in [0.1, 0.15) is 0 Å². The molecule has 0 aromatic carbocycles. The van der Waals surface area contributed by atoms with Crippen molar-refractivity contribution in [1.82, 2.24) is 29.8 Å². The number of piperazine rings is 1. The topological polar surface area (TPSA) is 75.4 Å². The van der Waals surface area contributed by atoms with Crippen molar-refractivity contribution in [1.29, 1.82) is 0 Å². The molecule has 1 aliphatic heterocycles. The number of hydrogen-bond donors (Lipinski definition) is 1. The van der Waals surface area contributed by atoms with Crippen LogP contribution < -0.4 is 5.32 Å². The molecule has 1 aliphatic rings. The Balaban J connectivity index is 1.82. The third-order valence-corrected chi connectivity index (χ3v) is 4.71. The summed E-state index contributed by atoms with van der Waals surface area (Å²) >= 11 is 0. The van der Waals surface area contributed by atoms with Gasteiger partial charge in [-0.3, -0.25) is 4.79 Å². The van der Waals surface area contributed by atoms with Crippen LogP contribution in [0.3, 0.4) is 0 Å². The summed E-state index contributed by atoms with van der Waals surface area (Å²) in [4.78, 5) is 21.9. The van der Waals surface area contributed by atoms with Gasteiger partial charge < -0.3 is 10.2 Å². The van der Waals surface area contributed by atoms with E-state index in [-0.39, 0.29) is 24.1 Å². The summed E-state index contributed by atoms with van der Waals surface area (Å²) in [5.41, 5.74) is 1.82. The molecule has 0 saturated carbocycles. The second-order valence-electron chi connectivity index (χ2n) is 6.55. The highest BCUT2D eigenvalue weighted by molar-refractivity contribution is 5.77. The van der Waals surface area contributed by atoms with Crippen LogP contribution in [0.4, 0.5) is 13.2 Å². The van der Waals surface area contributed by atoms with Crippen molar-refractivity contribution >= 4 is 11.7 Å². The average molecular weight is 370 g/mol. The molecule has 0 spiro atoms. The maximum atomic E-state index is 12.8. The van der Waals surface area contributed by atoms with Crippen LogP contribution in [-0.2, 0) is 17.4 Å². The van der Waals surface area contributed by atoms with Gasteiger partial charge in [0.05, 0.1) is 0 Å². The number of halogens is 3. The van der Waals surface area contributed by atoms with Gasteiger partial charge in [-0.1, -0.05) is 0 Å². The van der Waals surface area contributed by atoms with E-state index in [0.717, 1.165) is 23.2 Å². The Hall–Kier alpha value is -2.23. The molecule has 1 saturated heterocycles. The summed E-state index contributed by atoms with van der Waals surface area (Å²) in [5.74, 6) is -1.26. The monoisotopic (exact) mass is 370 g/mol. The lowest BCUT2D eigenvalue weighted by Crippen LogP contribution is -2.52. The Morgan fingerprint density at radius 1 is 1.31 bits per heavy atom. The van der Waals surface area contributed by atoms with Gasteiger partial charge in [-0.2, -0.15) is 18.2 Å². The summed E-state index contributed by atoms with van der Waals surface area (Å²) < 4.78 is 39.6. The molecule has 3 rings (SSSR count). The summed E-state index contributed by atoms with van der Waals surface area (Å²) in [6, 6.07) is 0.128. The average Bonchev–Trinajstić information content (AvgIpc) is 2.99. The zero-order valence-electron chi connectivity index (χ0n) is 14.9. The number of carbonyl (C=O) groups is 1. The van der Waals surface area contributed by atoms with Gasteiger partial charge >= 0.3 is 6.18 Å². The fraction of sp³-hybridized carbons (Fsp3) is 0.625. The number of nitrogens with one attached hydrogen (secondary N) is 1. The van der Waals surface area contributed by atoms with Crippen molar-refractivity contribution in [3.05, 3.63) is 22.8 Å². The minimum Gasteiger partial charge on any atom is -0.337 e. The number of fused-ring (bicyclic) bond motifs is 1. The molecular formula is C16H21F3N6O. The van der Waals surface area contributed by atoms with Gasteiger partial charge in [-0.15, -0.1) is 5.10 Å². The molecule has 3 heterocycles. The van der Waals surface area contributed by atoms with E-state index in [2.05, 4.69) is 20.4 Å². The van der Waals surface area contributed by atoms with Crippen LogP contribution in [0.15, 0.2) is 0 Å². The number of carbonyl (C=O) groups excluding carboxylic acids is 1. The Bertz CT molecular complexity index is 831. The van der Waals surface area contributed by atoms with E-state index >= 15 is 0 Å². The third-order valence-electron chi connectivity index (χ3n) is 4.71. The second kappa shape index (κ2) is 6.82. The molecule has 26 heavy (non-hydrogen) atoms. The van der Waals surface area contributed by atoms with Crippen LogP contribution >= 0.6 is 0 Å². The van der Waals surface area contributed by atoms with Crippen molar-refractivity contribution in [2.75, 3.05) is 19.6 Å². The normalized spacial score (nSPS) is 18.5. The minimum atomic E-state index is -4.62. The highest BCUT2D eigenvalue weighted by Gasteiger charge is 2.37. The predicted molar refractivity (Wildman–Crippen MR) is 87.6 cm³/mol. The minimum absolute atomic E-state index is 0.0347.